The van der Waals surface area contributed by atoms with Gasteiger partial charge in [-0.3, -0.25) is 0 Å². The van der Waals surface area contributed by atoms with Crippen LogP contribution in [0.4, 0.5) is 6.01 Å². The third kappa shape index (κ3) is 3.32. The molecule has 1 atom stereocenters. The molecule has 0 saturated carbocycles. The second kappa shape index (κ2) is 5.69. The van der Waals surface area contributed by atoms with Crippen molar-refractivity contribution in [3.63, 3.8) is 0 Å². The standard InChI is InChI=1S/C13H20N4OS/c1-7(2)11-16-13(18-17-11)14-9(5)10-6-19-12(15-10)8(3)4/h6-9H,1-5H3,(H,14,16,17). The van der Waals surface area contributed by atoms with Gasteiger partial charge in [-0.2, -0.15) is 4.98 Å². The second-order valence-corrected chi connectivity index (χ2v) is 6.13. The largest absolute Gasteiger partial charge is 0.330 e. The average molecular weight is 280 g/mol. The van der Waals surface area contributed by atoms with E-state index in [-0.39, 0.29) is 12.0 Å². The van der Waals surface area contributed by atoms with Gasteiger partial charge in [-0.15, -0.1) is 11.3 Å². The van der Waals surface area contributed by atoms with Crippen molar-refractivity contribution in [3.8, 4) is 0 Å². The lowest BCUT2D eigenvalue weighted by atomic mass is 10.2. The summed E-state index contributed by atoms with van der Waals surface area (Å²) in [4.78, 5) is 8.92. The van der Waals surface area contributed by atoms with Gasteiger partial charge in [0.05, 0.1) is 16.7 Å². The van der Waals surface area contributed by atoms with Crippen LogP contribution in [0.1, 0.15) is 69.0 Å². The van der Waals surface area contributed by atoms with Gasteiger partial charge in [0.2, 0.25) is 0 Å². The van der Waals surface area contributed by atoms with Gasteiger partial charge < -0.3 is 9.84 Å². The van der Waals surface area contributed by atoms with Gasteiger partial charge in [-0.25, -0.2) is 4.98 Å². The molecule has 5 nitrogen and oxygen atoms in total. The third-order valence-corrected chi connectivity index (χ3v) is 3.94. The van der Waals surface area contributed by atoms with E-state index >= 15 is 0 Å². The van der Waals surface area contributed by atoms with E-state index in [4.69, 9.17) is 4.52 Å². The first-order valence-electron chi connectivity index (χ1n) is 6.52. The topological polar surface area (TPSA) is 63.8 Å². The molecule has 0 aliphatic heterocycles. The van der Waals surface area contributed by atoms with Crippen molar-refractivity contribution in [1.82, 2.24) is 15.1 Å². The van der Waals surface area contributed by atoms with E-state index in [0.717, 1.165) is 16.5 Å². The summed E-state index contributed by atoms with van der Waals surface area (Å²) >= 11 is 1.69. The molecule has 0 amide bonds. The minimum absolute atomic E-state index is 0.0595. The van der Waals surface area contributed by atoms with Crippen molar-refractivity contribution in [2.45, 2.75) is 52.5 Å². The van der Waals surface area contributed by atoms with Crippen molar-refractivity contribution in [3.05, 3.63) is 21.9 Å². The van der Waals surface area contributed by atoms with Crippen LogP contribution in [0.5, 0.6) is 0 Å². The van der Waals surface area contributed by atoms with Crippen LogP contribution < -0.4 is 5.32 Å². The molecule has 2 aromatic heterocycles. The monoisotopic (exact) mass is 280 g/mol. The highest BCUT2D eigenvalue weighted by Gasteiger charge is 2.15. The quantitative estimate of drug-likeness (QED) is 0.898. The van der Waals surface area contributed by atoms with Crippen LogP contribution in [0, 0.1) is 0 Å². The third-order valence-electron chi connectivity index (χ3n) is 2.78. The summed E-state index contributed by atoms with van der Waals surface area (Å²) < 4.78 is 5.18. The number of hydrogen-bond acceptors (Lipinski definition) is 6. The molecule has 2 aromatic rings. The maximum absolute atomic E-state index is 5.18. The van der Waals surface area contributed by atoms with Gasteiger partial charge in [0.25, 0.3) is 0 Å². The fourth-order valence-electron chi connectivity index (χ4n) is 1.55. The van der Waals surface area contributed by atoms with Crippen molar-refractivity contribution in [1.29, 1.82) is 0 Å². The molecular weight excluding hydrogens is 260 g/mol. The normalized spacial score (nSPS) is 13.2. The molecule has 0 bridgehead atoms. The maximum Gasteiger partial charge on any atom is 0.322 e. The summed E-state index contributed by atoms with van der Waals surface area (Å²) in [6.07, 6.45) is 0. The second-order valence-electron chi connectivity index (χ2n) is 5.24. The van der Waals surface area contributed by atoms with Crippen molar-refractivity contribution >= 4 is 17.4 Å². The molecule has 0 fully saturated rings. The molecule has 1 unspecified atom stereocenters. The Kier molecular flexibility index (Phi) is 4.19. The van der Waals surface area contributed by atoms with E-state index < -0.39 is 0 Å². The molecule has 2 heterocycles. The highest BCUT2D eigenvalue weighted by atomic mass is 32.1. The van der Waals surface area contributed by atoms with Crippen LogP contribution in [0.3, 0.4) is 0 Å². The molecule has 19 heavy (non-hydrogen) atoms. The summed E-state index contributed by atoms with van der Waals surface area (Å²) in [7, 11) is 0. The van der Waals surface area contributed by atoms with Crippen molar-refractivity contribution in [2.75, 3.05) is 5.32 Å². The predicted octanol–water partition coefficient (Wildman–Crippen LogP) is 3.95. The Labute approximate surface area is 117 Å². The Morgan fingerprint density at radius 1 is 1.11 bits per heavy atom. The van der Waals surface area contributed by atoms with E-state index in [1.165, 1.54) is 0 Å². The Hall–Kier alpha value is -1.43. The van der Waals surface area contributed by atoms with E-state index in [9.17, 15) is 0 Å². The summed E-state index contributed by atoms with van der Waals surface area (Å²) in [6, 6.07) is 0.513. The number of rotatable bonds is 5. The van der Waals surface area contributed by atoms with E-state index in [2.05, 4.69) is 39.7 Å². The van der Waals surface area contributed by atoms with Crippen LogP contribution >= 0.6 is 11.3 Å². The zero-order valence-electron chi connectivity index (χ0n) is 12.0. The van der Waals surface area contributed by atoms with Gasteiger partial charge in [-0.05, 0) is 6.92 Å². The maximum atomic E-state index is 5.18. The Morgan fingerprint density at radius 2 is 1.84 bits per heavy atom. The number of nitrogens with zero attached hydrogens (tertiary/aromatic N) is 3. The van der Waals surface area contributed by atoms with E-state index in [0.29, 0.717) is 11.9 Å². The first-order chi connectivity index (χ1) is 8.97. The minimum Gasteiger partial charge on any atom is -0.330 e. The highest BCUT2D eigenvalue weighted by Crippen LogP contribution is 2.25. The van der Waals surface area contributed by atoms with Crippen molar-refractivity contribution in [2.24, 2.45) is 0 Å². The van der Waals surface area contributed by atoms with Crippen LogP contribution in [0.25, 0.3) is 0 Å². The molecule has 0 spiro atoms. The SMILES string of the molecule is CC(C)c1noc(NC(C)c2csc(C(C)C)n2)n1. The molecule has 0 radical (unpaired) electrons. The average Bonchev–Trinajstić information content (AvgIpc) is 2.96. The van der Waals surface area contributed by atoms with Crippen LogP contribution in [-0.2, 0) is 0 Å². The van der Waals surface area contributed by atoms with Crippen LogP contribution in [-0.4, -0.2) is 15.1 Å². The first-order valence-corrected chi connectivity index (χ1v) is 7.40. The molecule has 104 valence electrons. The molecule has 0 aromatic carbocycles. The van der Waals surface area contributed by atoms with Crippen molar-refractivity contribution < 1.29 is 4.52 Å². The number of anilines is 1. The zero-order valence-corrected chi connectivity index (χ0v) is 12.8. The lowest BCUT2D eigenvalue weighted by Crippen LogP contribution is -2.07. The van der Waals surface area contributed by atoms with Crippen LogP contribution in [0.15, 0.2) is 9.90 Å². The predicted molar refractivity (Wildman–Crippen MR) is 76.6 cm³/mol. The molecule has 0 aliphatic rings. The summed E-state index contributed by atoms with van der Waals surface area (Å²) in [5.41, 5.74) is 1.01. The van der Waals surface area contributed by atoms with Gasteiger partial charge in [0.1, 0.15) is 0 Å². The summed E-state index contributed by atoms with van der Waals surface area (Å²) in [5, 5.41) is 10.3. The minimum atomic E-state index is 0.0595. The van der Waals surface area contributed by atoms with Gasteiger partial charge in [0, 0.05) is 17.2 Å². The first kappa shape index (κ1) is 14.0. The fourth-order valence-corrected chi connectivity index (χ4v) is 2.48. The number of aromatic nitrogens is 3. The number of hydrogen-bond donors (Lipinski definition) is 1. The zero-order chi connectivity index (χ0) is 14.0. The van der Waals surface area contributed by atoms with Gasteiger partial charge in [0.15, 0.2) is 5.82 Å². The molecular formula is C13H20N4OS. The lowest BCUT2D eigenvalue weighted by Gasteiger charge is -2.08. The fraction of sp³-hybridized carbons (Fsp3) is 0.615. The molecule has 6 heteroatoms. The van der Waals surface area contributed by atoms with E-state index in [1.807, 2.05) is 20.8 Å². The molecule has 1 N–H and O–H groups in total. The smallest absolute Gasteiger partial charge is 0.322 e. The van der Waals surface area contributed by atoms with Gasteiger partial charge >= 0.3 is 6.01 Å². The summed E-state index contributed by atoms with van der Waals surface area (Å²) in [5.74, 6) is 1.44. The Balaban J connectivity index is 2.04. The molecule has 2 rings (SSSR count). The van der Waals surface area contributed by atoms with Gasteiger partial charge in [-0.1, -0.05) is 32.9 Å². The van der Waals surface area contributed by atoms with Crippen LogP contribution in [0.2, 0.25) is 0 Å². The Bertz CT molecular complexity index is 532. The summed E-state index contributed by atoms with van der Waals surface area (Å²) in [6.45, 7) is 10.4. The van der Waals surface area contributed by atoms with E-state index in [1.54, 1.807) is 11.3 Å². The number of nitrogens with one attached hydrogen (secondary N) is 1. The molecule has 0 saturated heterocycles. The Morgan fingerprint density at radius 3 is 2.37 bits per heavy atom. The molecule has 0 aliphatic carbocycles. The lowest BCUT2D eigenvalue weighted by molar-refractivity contribution is 0.416. The highest BCUT2D eigenvalue weighted by molar-refractivity contribution is 7.09. The number of thiazole rings is 1.